The largest absolute Gasteiger partial charge is 0.463 e. The minimum atomic E-state index is -0.334. The molecule has 0 amide bonds. The van der Waals surface area contributed by atoms with Gasteiger partial charge in [0.2, 0.25) is 0 Å². The van der Waals surface area contributed by atoms with E-state index >= 15 is 0 Å². The molecule has 0 fully saturated rings. The summed E-state index contributed by atoms with van der Waals surface area (Å²) in [5.41, 5.74) is 5.02. The lowest BCUT2D eigenvalue weighted by atomic mass is 10.1. The number of fused-ring (bicyclic) bond motifs is 1. The molecule has 0 bridgehead atoms. The Kier molecular flexibility index (Phi) is 9.63. The standard InChI is InChI=1S/C26H34N4O4/c1-3-34-26(33)11-8-20-4-6-21(7-5-20)19-27-13-12-25-28-23-18-22(9-10-24(23)29(25)2)30(14-16-31)15-17-32/h4-11,18,27,31-32H,3,12-17,19H2,1-2H3. The molecule has 0 aliphatic carbocycles. The summed E-state index contributed by atoms with van der Waals surface area (Å²) in [4.78, 5) is 18.2. The Hall–Kier alpha value is -3.20. The number of ether oxygens (including phenoxy) is 1. The van der Waals surface area contributed by atoms with Gasteiger partial charge < -0.3 is 29.7 Å². The number of aryl methyl sites for hydroxylation is 1. The number of imidazole rings is 1. The number of nitrogens with one attached hydrogen (secondary N) is 1. The van der Waals surface area contributed by atoms with Gasteiger partial charge in [-0.3, -0.25) is 0 Å². The lowest BCUT2D eigenvalue weighted by molar-refractivity contribution is -0.137. The third kappa shape index (κ3) is 6.90. The third-order valence-electron chi connectivity index (χ3n) is 5.59. The number of anilines is 1. The predicted octanol–water partition coefficient (Wildman–Crippen LogP) is 2.27. The second kappa shape index (κ2) is 12.9. The average Bonchev–Trinajstić information content (AvgIpc) is 3.16. The number of benzene rings is 2. The molecular formula is C26H34N4O4. The quantitative estimate of drug-likeness (QED) is 0.202. The molecule has 3 aromatic rings. The van der Waals surface area contributed by atoms with Crippen molar-refractivity contribution >= 4 is 28.8 Å². The molecular weight excluding hydrogens is 432 g/mol. The molecule has 182 valence electrons. The van der Waals surface area contributed by atoms with E-state index in [2.05, 4.69) is 9.88 Å². The SMILES string of the molecule is CCOC(=O)C=Cc1ccc(CNCCc2nc3cc(N(CCO)CCO)ccc3n2C)cc1. The second-order valence-corrected chi connectivity index (χ2v) is 7.95. The number of esters is 1. The molecule has 0 atom stereocenters. The Morgan fingerprint density at radius 1 is 1.15 bits per heavy atom. The van der Waals surface area contributed by atoms with E-state index in [0.717, 1.165) is 53.2 Å². The fourth-order valence-electron chi connectivity index (χ4n) is 3.80. The second-order valence-electron chi connectivity index (χ2n) is 7.95. The van der Waals surface area contributed by atoms with Crippen molar-refractivity contribution in [3.05, 3.63) is 65.5 Å². The van der Waals surface area contributed by atoms with Gasteiger partial charge in [0.15, 0.2) is 0 Å². The Labute approximate surface area is 200 Å². The first-order valence-corrected chi connectivity index (χ1v) is 11.6. The first-order valence-electron chi connectivity index (χ1n) is 11.6. The van der Waals surface area contributed by atoms with Gasteiger partial charge in [0, 0.05) is 51.4 Å². The summed E-state index contributed by atoms with van der Waals surface area (Å²) in [6, 6.07) is 14.1. The van der Waals surface area contributed by atoms with Gasteiger partial charge in [-0.25, -0.2) is 9.78 Å². The highest BCUT2D eigenvalue weighted by Gasteiger charge is 2.11. The first kappa shape index (κ1) is 25.4. The number of aliphatic hydroxyl groups is 2. The van der Waals surface area contributed by atoms with E-state index in [0.29, 0.717) is 19.7 Å². The number of carbonyl (C=O) groups is 1. The summed E-state index contributed by atoms with van der Waals surface area (Å²) >= 11 is 0. The monoisotopic (exact) mass is 466 g/mol. The minimum Gasteiger partial charge on any atom is -0.463 e. The Morgan fingerprint density at radius 2 is 1.88 bits per heavy atom. The maximum Gasteiger partial charge on any atom is 0.330 e. The number of rotatable bonds is 13. The van der Waals surface area contributed by atoms with Crippen LogP contribution in [0.1, 0.15) is 23.9 Å². The molecule has 1 aromatic heterocycles. The first-order chi connectivity index (χ1) is 16.5. The molecule has 0 saturated heterocycles. The van der Waals surface area contributed by atoms with Gasteiger partial charge in [-0.05, 0) is 42.3 Å². The van der Waals surface area contributed by atoms with E-state index in [1.54, 1.807) is 13.0 Å². The van der Waals surface area contributed by atoms with Gasteiger partial charge in [-0.1, -0.05) is 24.3 Å². The van der Waals surface area contributed by atoms with Crippen molar-refractivity contribution in [2.45, 2.75) is 19.9 Å². The van der Waals surface area contributed by atoms with Crippen molar-refractivity contribution in [3.63, 3.8) is 0 Å². The number of hydrogen-bond acceptors (Lipinski definition) is 7. The normalized spacial score (nSPS) is 11.4. The highest BCUT2D eigenvalue weighted by molar-refractivity contribution is 5.87. The number of aromatic nitrogens is 2. The van der Waals surface area contributed by atoms with Gasteiger partial charge in [0.05, 0.1) is 30.9 Å². The average molecular weight is 467 g/mol. The molecule has 0 spiro atoms. The Balaban J connectivity index is 1.54. The van der Waals surface area contributed by atoms with Gasteiger partial charge >= 0.3 is 5.97 Å². The van der Waals surface area contributed by atoms with E-state index < -0.39 is 0 Å². The van der Waals surface area contributed by atoms with Gasteiger partial charge in [0.1, 0.15) is 5.82 Å². The van der Waals surface area contributed by atoms with Gasteiger partial charge in [-0.15, -0.1) is 0 Å². The van der Waals surface area contributed by atoms with Crippen LogP contribution in [0.3, 0.4) is 0 Å². The van der Waals surface area contributed by atoms with Crippen molar-refractivity contribution in [2.75, 3.05) is 44.4 Å². The molecule has 0 aliphatic heterocycles. The van der Waals surface area contributed by atoms with Crippen LogP contribution >= 0.6 is 0 Å². The molecule has 3 N–H and O–H groups in total. The van der Waals surface area contributed by atoms with Crippen LogP contribution < -0.4 is 10.2 Å². The summed E-state index contributed by atoms with van der Waals surface area (Å²) in [5.74, 6) is 0.661. The minimum absolute atomic E-state index is 0.0319. The van der Waals surface area contributed by atoms with E-state index in [1.807, 2.05) is 54.4 Å². The van der Waals surface area contributed by atoms with Crippen molar-refractivity contribution in [1.29, 1.82) is 0 Å². The van der Waals surface area contributed by atoms with Crippen LogP contribution in [0.15, 0.2) is 48.5 Å². The van der Waals surface area contributed by atoms with Crippen molar-refractivity contribution in [1.82, 2.24) is 14.9 Å². The zero-order chi connectivity index (χ0) is 24.3. The summed E-state index contributed by atoms with van der Waals surface area (Å²) in [6.45, 7) is 4.69. The van der Waals surface area contributed by atoms with Crippen LogP contribution in [0.2, 0.25) is 0 Å². The van der Waals surface area contributed by atoms with Crippen LogP contribution in [0, 0.1) is 0 Å². The van der Waals surface area contributed by atoms with Crippen molar-refractivity contribution < 1.29 is 19.7 Å². The van der Waals surface area contributed by atoms with Crippen LogP contribution in [0.5, 0.6) is 0 Å². The zero-order valence-corrected chi connectivity index (χ0v) is 19.9. The summed E-state index contributed by atoms with van der Waals surface area (Å²) < 4.78 is 6.99. The van der Waals surface area contributed by atoms with E-state index in [9.17, 15) is 15.0 Å². The molecule has 0 saturated carbocycles. The summed E-state index contributed by atoms with van der Waals surface area (Å²) in [7, 11) is 2.02. The van der Waals surface area contributed by atoms with Gasteiger partial charge in [0.25, 0.3) is 0 Å². The molecule has 0 radical (unpaired) electrons. The third-order valence-corrected chi connectivity index (χ3v) is 5.59. The number of carbonyl (C=O) groups excluding carboxylic acids is 1. The van der Waals surface area contributed by atoms with E-state index in [4.69, 9.17) is 9.72 Å². The molecule has 34 heavy (non-hydrogen) atoms. The van der Waals surface area contributed by atoms with Crippen LogP contribution in [-0.4, -0.2) is 65.2 Å². The zero-order valence-electron chi connectivity index (χ0n) is 19.9. The van der Waals surface area contributed by atoms with Crippen LogP contribution in [0.4, 0.5) is 5.69 Å². The van der Waals surface area contributed by atoms with E-state index in [-0.39, 0.29) is 19.2 Å². The lowest BCUT2D eigenvalue weighted by Gasteiger charge is -2.22. The van der Waals surface area contributed by atoms with Gasteiger partial charge in [-0.2, -0.15) is 0 Å². The smallest absolute Gasteiger partial charge is 0.330 e. The maximum atomic E-state index is 11.4. The molecule has 8 heteroatoms. The van der Waals surface area contributed by atoms with E-state index in [1.165, 1.54) is 6.08 Å². The maximum absolute atomic E-state index is 11.4. The molecule has 8 nitrogen and oxygen atoms in total. The molecule has 0 unspecified atom stereocenters. The molecule has 1 heterocycles. The van der Waals surface area contributed by atoms with Crippen LogP contribution in [-0.2, 0) is 29.5 Å². The fourth-order valence-corrected chi connectivity index (χ4v) is 3.80. The Morgan fingerprint density at radius 3 is 2.56 bits per heavy atom. The molecule has 2 aromatic carbocycles. The highest BCUT2D eigenvalue weighted by atomic mass is 16.5. The number of hydrogen-bond donors (Lipinski definition) is 3. The topological polar surface area (TPSA) is 99.8 Å². The lowest BCUT2D eigenvalue weighted by Crippen LogP contribution is -2.29. The van der Waals surface area contributed by atoms with Crippen molar-refractivity contribution in [2.24, 2.45) is 7.05 Å². The number of aliphatic hydroxyl groups excluding tert-OH is 2. The fraction of sp³-hybridized carbons (Fsp3) is 0.385. The highest BCUT2D eigenvalue weighted by Crippen LogP contribution is 2.22. The summed E-state index contributed by atoms with van der Waals surface area (Å²) in [5, 5.41) is 22.1. The van der Waals surface area contributed by atoms with Crippen molar-refractivity contribution in [3.8, 4) is 0 Å². The molecule has 3 rings (SSSR count). The predicted molar refractivity (Wildman–Crippen MR) is 135 cm³/mol. The number of nitrogens with zero attached hydrogens (tertiary/aromatic N) is 3. The molecule has 0 aliphatic rings. The van der Waals surface area contributed by atoms with Crippen LogP contribution in [0.25, 0.3) is 17.1 Å². The summed E-state index contributed by atoms with van der Waals surface area (Å²) in [6.07, 6.45) is 3.98. The Bertz CT molecular complexity index is 1090.